The van der Waals surface area contributed by atoms with Crippen LogP contribution in [0, 0.1) is 5.92 Å². The van der Waals surface area contributed by atoms with Crippen LogP contribution in [0.1, 0.15) is 49.0 Å². The van der Waals surface area contributed by atoms with Gasteiger partial charge in [-0.3, -0.25) is 9.59 Å². The number of thiophene rings is 1. The first-order valence-corrected chi connectivity index (χ1v) is 10.1. The van der Waals surface area contributed by atoms with Crippen molar-refractivity contribution in [3.05, 3.63) is 23.2 Å². The molecule has 5 nitrogen and oxygen atoms in total. The number of piperidine rings is 1. The quantitative estimate of drug-likeness (QED) is 0.915. The van der Waals surface area contributed by atoms with Gasteiger partial charge in [-0.15, -0.1) is 11.3 Å². The van der Waals surface area contributed by atoms with E-state index < -0.39 is 0 Å². The van der Waals surface area contributed by atoms with Crippen molar-refractivity contribution >= 4 is 33.4 Å². The van der Waals surface area contributed by atoms with Crippen molar-refractivity contribution in [2.45, 2.75) is 44.6 Å². The van der Waals surface area contributed by atoms with E-state index in [1.165, 1.54) is 12.8 Å². The average Bonchev–Trinajstić information content (AvgIpc) is 3.34. The summed E-state index contributed by atoms with van der Waals surface area (Å²) in [6, 6.07) is 4.42. The molecular weight excluding hydrogens is 334 g/mol. The highest BCUT2D eigenvalue weighted by Gasteiger charge is 2.30. The summed E-state index contributed by atoms with van der Waals surface area (Å²) in [4.78, 5) is 27.2. The van der Waals surface area contributed by atoms with Crippen LogP contribution in [0.25, 0.3) is 10.2 Å². The van der Waals surface area contributed by atoms with Crippen molar-refractivity contribution in [3.8, 4) is 0 Å². The Hall–Kier alpha value is -1.82. The van der Waals surface area contributed by atoms with Crippen LogP contribution in [0.15, 0.2) is 17.5 Å². The van der Waals surface area contributed by atoms with Crippen LogP contribution in [-0.4, -0.2) is 40.4 Å². The van der Waals surface area contributed by atoms with Crippen molar-refractivity contribution in [3.63, 3.8) is 0 Å². The number of aromatic nitrogens is 1. The summed E-state index contributed by atoms with van der Waals surface area (Å²) in [5, 5.41) is 5.25. The number of amides is 2. The Labute approximate surface area is 152 Å². The van der Waals surface area contributed by atoms with Gasteiger partial charge >= 0.3 is 0 Å². The summed E-state index contributed by atoms with van der Waals surface area (Å²) < 4.78 is 3.13. The fourth-order valence-corrected chi connectivity index (χ4v) is 5.00. The third-order valence-corrected chi connectivity index (χ3v) is 6.59. The van der Waals surface area contributed by atoms with Crippen LogP contribution in [0.4, 0.5) is 0 Å². The molecule has 0 radical (unpaired) electrons. The van der Waals surface area contributed by atoms with Crippen LogP contribution < -0.4 is 5.32 Å². The monoisotopic (exact) mass is 359 g/mol. The molecule has 1 saturated carbocycles. The molecule has 2 aliphatic rings. The number of fused-ring (bicyclic) bond motifs is 1. The highest BCUT2D eigenvalue weighted by atomic mass is 32.1. The minimum Gasteiger partial charge on any atom is -0.353 e. The van der Waals surface area contributed by atoms with Crippen molar-refractivity contribution in [1.29, 1.82) is 0 Å². The van der Waals surface area contributed by atoms with Crippen LogP contribution >= 0.6 is 11.3 Å². The Bertz CT molecular complexity index is 780. The predicted octanol–water partition coefficient (Wildman–Crippen LogP) is 3.15. The first-order chi connectivity index (χ1) is 12.1. The Morgan fingerprint density at radius 1 is 1.16 bits per heavy atom. The van der Waals surface area contributed by atoms with Crippen LogP contribution in [0.2, 0.25) is 0 Å². The van der Waals surface area contributed by atoms with E-state index in [9.17, 15) is 9.59 Å². The second-order valence-corrected chi connectivity index (χ2v) is 8.26. The largest absolute Gasteiger partial charge is 0.353 e. The van der Waals surface area contributed by atoms with E-state index >= 15 is 0 Å². The lowest BCUT2D eigenvalue weighted by molar-refractivity contribution is -0.127. The molecule has 0 atom stereocenters. The Morgan fingerprint density at radius 2 is 1.88 bits per heavy atom. The maximum Gasteiger partial charge on any atom is 0.270 e. The minimum atomic E-state index is 0.0570. The zero-order valence-corrected chi connectivity index (χ0v) is 15.5. The first kappa shape index (κ1) is 16.6. The lowest BCUT2D eigenvalue weighted by atomic mass is 9.95. The molecule has 25 heavy (non-hydrogen) atoms. The molecule has 134 valence electrons. The maximum absolute atomic E-state index is 12.9. The molecule has 6 heteroatoms. The number of nitrogens with zero attached hydrogens (tertiary/aromatic N) is 2. The highest BCUT2D eigenvalue weighted by molar-refractivity contribution is 7.17. The van der Waals surface area contributed by atoms with Crippen molar-refractivity contribution in [2.24, 2.45) is 13.0 Å². The van der Waals surface area contributed by atoms with Crippen molar-refractivity contribution in [2.75, 3.05) is 13.1 Å². The smallest absolute Gasteiger partial charge is 0.270 e. The zero-order valence-electron chi connectivity index (χ0n) is 14.7. The summed E-state index contributed by atoms with van der Waals surface area (Å²) in [5.74, 6) is 0.334. The number of aryl methyl sites for hydroxylation is 1. The summed E-state index contributed by atoms with van der Waals surface area (Å²) >= 11 is 1.66. The molecule has 0 aromatic carbocycles. The van der Waals surface area contributed by atoms with Gasteiger partial charge in [0.25, 0.3) is 5.91 Å². The molecule has 4 rings (SSSR count). The Balaban J connectivity index is 1.36. The lowest BCUT2D eigenvalue weighted by Gasteiger charge is -2.32. The number of nitrogens with one attached hydrogen (secondary N) is 1. The number of carbonyl (C=O) groups excluding carboxylic acids is 2. The molecular formula is C19H25N3O2S. The molecule has 0 bridgehead atoms. The van der Waals surface area contributed by atoms with Gasteiger partial charge in [0.1, 0.15) is 5.69 Å². The van der Waals surface area contributed by atoms with Crippen molar-refractivity contribution in [1.82, 2.24) is 14.8 Å². The fourth-order valence-electron chi connectivity index (χ4n) is 4.15. The van der Waals surface area contributed by atoms with E-state index in [4.69, 9.17) is 0 Å². The molecule has 0 spiro atoms. The molecule has 2 amide bonds. The van der Waals surface area contributed by atoms with Gasteiger partial charge in [0.2, 0.25) is 5.91 Å². The Morgan fingerprint density at radius 3 is 2.56 bits per heavy atom. The lowest BCUT2D eigenvalue weighted by Crippen LogP contribution is -2.45. The Kier molecular flexibility index (Phi) is 4.54. The van der Waals surface area contributed by atoms with Gasteiger partial charge in [-0.1, -0.05) is 12.8 Å². The summed E-state index contributed by atoms with van der Waals surface area (Å²) in [6.07, 6.45) is 6.23. The van der Waals surface area contributed by atoms with Gasteiger partial charge < -0.3 is 14.8 Å². The van der Waals surface area contributed by atoms with E-state index in [1.54, 1.807) is 11.3 Å². The van der Waals surface area contributed by atoms with Crippen molar-refractivity contribution < 1.29 is 9.59 Å². The maximum atomic E-state index is 12.9. The van der Waals surface area contributed by atoms with E-state index in [-0.39, 0.29) is 17.7 Å². The molecule has 0 unspecified atom stereocenters. The third-order valence-electron chi connectivity index (χ3n) is 5.74. The zero-order chi connectivity index (χ0) is 17.4. The van der Waals surface area contributed by atoms with Gasteiger partial charge in [-0.05, 0) is 43.2 Å². The standard InChI is InChI=1S/C19H25N3O2S/c1-21-15-8-11-25-17(15)12-16(21)19(24)22-9-6-13(7-10-22)18(23)20-14-4-2-3-5-14/h8,11-14H,2-7,9-10H2,1H3,(H,20,23). The molecule has 2 aromatic heterocycles. The fraction of sp³-hybridized carbons (Fsp3) is 0.579. The van der Waals surface area contributed by atoms with E-state index in [0.29, 0.717) is 19.1 Å². The highest BCUT2D eigenvalue weighted by Crippen LogP contribution is 2.27. The van der Waals surface area contributed by atoms with Gasteiger partial charge in [0, 0.05) is 32.1 Å². The molecule has 1 aliphatic carbocycles. The number of hydrogen-bond donors (Lipinski definition) is 1. The average molecular weight is 359 g/mol. The second-order valence-electron chi connectivity index (χ2n) is 7.32. The number of hydrogen-bond acceptors (Lipinski definition) is 3. The molecule has 1 N–H and O–H groups in total. The van der Waals surface area contributed by atoms with Gasteiger partial charge in [-0.25, -0.2) is 0 Å². The molecule has 2 aromatic rings. The number of rotatable bonds is 3. The topological polar surface area (TPSA) is 54.3 Å². The summed E-state index contributed by atoms with van der Waals surface area (Å²) in [5.41, 5.74) is 1.86. The van der Waals surface area contributed by atoms with Crippen LogP contribution in [0.5, 0.6) is 0 Å². The molecule has 1 saturated heterocycles. The number of carbonyl (C=O) groups is 2. The molecule has 2 fully saturated rings. The van der Waals surface area contributed by atoms with Gasteiger partial charge in [-0.2, -0.15) is 0 Å². The summed E-state index contributed by atoms with van der Waals surface area (Å²) in [6.45, 7) is 1.33. The minimum absolute atomic E-state index is 0.0570. The van der Waals surface area contributed by atoms with E-state index in [1.807, 2.05) is 28.0 Å². The predicted molar refractivity (Wildman–Crippen MR) is 99.8 cm³/mol. The van der Waals surface area contributed by atoms with E-state index in [2.05, 4.69) is 11.4 Å². The normalized spacial score (nSPS) is 19.6. The summed E-state index contributed by atoms with van der Waals surface area (Å²) in [7, 11) is 1.95. The second kappa shape index (κ2) is 6.83. The van der Waals surface area contributed by atoms with Gasteiger partial charge in [0.05, 0.1) is 10.2 Å². The SMILES string of the molecule is Cn1c(C(=O)N2CCC(C(=O)NC3CCCC3)CC2)cc2sccc21. The van der Waals surface area contributed by atoms with Crippen LogP contribution in [-0.2, 0) is 11.8 Å². The first-order valence-electron chi connectivity index (χ1n) is 9.26. The number of likely N-dealkylation sites (tertiary alicyclic amines) is 1. The molecule has 3 heterocycles. The van der Waals surface area contributed by atoms with E-state index in [0.717, 1.165) is 41.6 Å². The van der Waals surface area contributed by atoms with Crippen LogP contribution in [0.3, 0.4) is 0 Å². The van der Waals surface area contributed by atoms with Gasteiger partial charge in [0.15, 0.2) is 0 Å². The molecule has 1 aliphatic heterocycles. The third kappa shape index (κ3) is 3.19.